The number of carbonyl (C=O) groups excluding carboxylic acids is 3. The molecule has 1 fully saturated rings. The van der Waals surface area contributed by atoms with Crippen LogP contribution in [0.4, 0.5) is 19.3 Å². The van der Waals surface area contributed by atoms with Gasteiger partial charge in [0.15, 0.2) is 0 Å². The zero-order valence-electron chi connectivity index (χ0n) is 14.1. The first-order valence-corrected chi connectivity index (χ1v) is 8.23. The van der Waals surface area contributed by atoms with E-state index in [1.54, 1.807) is 24.3 Å². The van der Waals surface area contributed by atoms with Gasteiger partial charge in [-0.05, 0) is 36.8 Å². The second-order valence-electron chi connectivity index (χ2n) is 6.13. The van der Waals surface area contributed by atoms with Gasteiger partial charge in [-0.25, -0.2) is 13.6 Å². The first kappa shape index (κ1) is 18.8. The van der Waals surface area contributed by atoms with E-state index in [1.807, 2.05) is 0 Å². The summed E-state index contributed by atoms with van der Waals surface area (Å²) in [6.45, 7) is 0.852. The van der Waals surface area contributed by atoms with Gasteiger partial charge in [0.1, 0.15) is 23.7 Å². The maximum atomic E-state index is 13.6. The van der Waals surface area contributed by atoms with Crippen molar-refractivity contribution in [1.29, 1.82) is 0 Å². The normalized spacial score (nSPS) is 19.2. The third kappa shape index (κ3) is 3.61. The molecule has 0 saturated carbocycles. The number of nitrogens with zero attached hydrogens (tertiary/aromatic N) is 1. The molecule has 2 aromatic rings. The number of hydrogen-bond acceptors (Lipinski definition) is 3. The molecular weight excluding hydrogens is 380 g/mol. The molecule has 0 unspecified atom stereocenters. The monoisotopic (exact) mass is 393 g/mol. The summed E-state index contributed by atoms with van der Waals surface area (Å²) in [7, 11) is 0. The predicted octanol–water partition coefficient (Wildman–Crippen LogP) is 3.02. The van der Waals surface area contributed by atoms with Gasteiger partial charge in [-0.2, -0.15) is 0 Å². The summed E-state index contributed by atoms with van der Waals surface area (Å²) in [5.41, 5.74) is -1.26. The average Bonchev–Trinajstić information content (AvgIpc) is 2.83. The molecule has 0 radical (unpaired) electrons. The molecule has 1 atom stereocenters. The third-order valence-corrected chi connectivity index (χ3v) is 4.45. The molecule has 140 valence electrons. The minimum atomic E-state index is -1.37. The molecular formula is C18H14ClF2N3O3. The van der Waals surface area contributed by atoms with Crippen molar-refractivity contribution in [2.75, 3.05) is 11.9 Å². The molecule has 2 aromatic carbocycles. The SMILES string of the molecule is C[C@@]1(c2ccc(Cl)cc2)NC(=O)N(CC(=O)Nc2cc(F)ccc2F)C1=O. The molecule has 6 nitrogen and oxygen atoms in total. The van der Waals surface area contributed by atoms with E-state index in [0.717, 1.165) is 18.2 Å². The van der Waals surface area contributed by atoms with E-state index in [0.29, 0.717) is 15.5 Å². The van der Waals surface area contributed by atoms with E-state index in [9.17, 15) is 23.2 Å². The lowest BCUT2D eigenvalue weighted by Crippen LogP contribution is -2.42. The number of imide groups is 1. The highest BCUT2D eigenvalue weighted by molar-refractivity contribution is 6.30. The van der Waals surface area contributed by atoms with Gasteiger partial charge in [0.05, 0.1) is 5.69 Å². The van der Waals surface area contributed by atoms with Crippen LogP contribution in [-0.4, -0.2) is 29.3 Å². The fourth-order valence-corrected chi connectivity index (χ4v) is 2.87. The smallest absolute Gasteiger partial charge is 0.322 e. The highest BCUT2D eigenvalue weighted by atomic mass is 35.5. The van der Waals surface area contributed by atoms with Gasteiger partial charge in [0.25, 0.3) is 5.91 Å². The molecule has 4 amide bonds. The molecule has 0 bridgehead atoms. The molecule has 1 aliphatic heterocycles. The van der Waals surface area contributed by atoms with Crippen LogP contribution in [0.15, 0.2) is 42.5 Å². The quantitative estimate of drug-likeness (QED) is 0.784. The van der Waals surface area contributed by atoms with Crippen LogP contribution < -0.4 is 10.6 Å². The molecule has 1 heterocycles. The molecule has 2 N–H and O–H groups in total. The molecule has 0 aromatic heterocycles. The zero-order valence-corrected chi connectivity index (χ0v) is 14.8. The van der Waals surface area contributed by atoms with Crippen LogP contribution in [0.2, 0.25) is 5.02 Å². The van der Waals surface area contributed by atoms with Gasteiger partial charge in [0, 0.05) is 11.1 Å². The van der Waals surface area contributed by atoms with E-state index in [-0.39, 0.29) is 5.69 Å². The van der Waals surface area contributed by atoms with E-state index < -0.39 is 41.6 Å². The lowest BCUT2D eigenvalue weighted by molar-refractivity contribution is -0.133. The van der Waals surface area contributed by atoms with Crippen molar-refractivity contribution >= 4 is 35.1 Å². The molecule has 27 heavy (non-hydrogen) atoms. The van der Waals surface area contributed by atoms with E-state index in [2.05, 4.69) is 10.6 Å². The van der Waals surface area contributed by atoms with Gasteiger partial charge in [0.2, 0.25) is 5.91 Å². The number of benzene rings is 2. The van der Waals surface area contributed by atoms with E-state index in [1.165, 1.54) is 6.92 Å². The van der Waals surface area contributed by atoms with Crippen molar-refractivity contribution in [3.8, 4) is 0 Å². The number of carbonyl (C=O) groups is 3. The van der Waals surface area contributed by atoms with Gasteiger partial charge < -0.3 is 10.6 Å². The van der Waals surface area contributed by atoms with Crippen molar-refractivity contribution in [2.24, 2.45) is 0 Å². The standard InChI is InChI=1S/C18H14ClF2N3O3/c1-18(10-2-4-11(19)5-3-10)16(26)24(17(27)23-18)9-15(25)22-14-8-12(20)6-7-13(14)21/h2-8H,9H2,1H3,(H,22,25)(H,23,27)/t18-/m0/s1. The van der Waals surface area contributed by atoms with Crippen LogP contribution >= 0.6 is 11.6 Å². The highest BCUT2D eigenvalue weighted by Gasteiger charge is 2.49. The molecule has 1 aliphatic rings. The van der Waals surface area contributed by atoms with Crippen molar-refractivity contribution in [3.63, 3.8) is 0 Å². The van der Waals surface area contributed by atoms with Gasteiger partial charge in [-0.1, -0.05) is 23.7 Å². The Morgan fingerprint density at radius 2 is 1.85 bits per heavy atom. The molecule has 1 saturated heterocycles. The number of halogens is 3. The number of amides is 4. The zero-order chi connectivity index (χ0) is 19.8. The van der Waals surface area contributed by atoms with Crippen LogP contribution in [0.1, 0.15) is 12.5 Å². The first-order chi connectivity index (χ1) is 12.7. The Morgan fingerprint density at radius 1 is 1.19 bits per heavy atom. The van der Waals surface area contributed by atoms with Crippen LogP contribution in [0, 0.1) is 11.6 Å². The fraction of sp³-hybridized carbons (Fsp3) is 0.167. The maximum Gasteiger partial charge on any atom is 0.325 e. The van der Waals surface area contributed by atoms with Gasteiger partial charge >= 0.3 is 6.03 Å². The summed E-state index contributed by atoms with van der Waals surface area (Å²) in [4.78, 5) is 37.8. The van der Waals surface area contributed by atoms with E-state index >= 15 is 0 Å². The largest absolute Gasteiger partial charge is 0.325 e. The number of nitrogens with one attached hydrogen (secondary N) is 2. The summed E-state index contributed by atoms with van der Waals surface area (Å²) >= 11 is 5.83. The van der Waals surface area contributed by atoms with Crippen molar-refractivity contribution in [2.45, 2.75) is 12.5 Å². The summed E-state index contributed by atoms with van der Waals surface area (Å²) in [6, 6.07) is 8.12. The lowest BCUT2D eigenvalue weighted by atomic mass is 9.92. The van der Waals surface area contributed by atoms with Crippen LogP contribution in [0.25, 0.3) is 0 Å². The van der Waals surface area contributed by atoms with Crippen LogP contribution in [0.3, 0.4) is 0 Å². The number of rotatable bonds is 4. The van der Waals surface area contributed by atoms with Crippen molar-refractivity contribution in [1.82, 2.24) is 10.2 Å². The second-order valence-corrected chi connectivity index (χ2v) is 6.56. The minimum Gasteiger partial charge on any atom is -0.322 e. The molecule has 0 aliphatic carbocycles. The fourth-order valence-electron chi connectivity index (χ4n) is 2.75. The van der Waals surface area contributed by atoms with Crippen LogP contribution in [0.5, 0.6) is 0 Å². The highest BCUT2D eigenvalue weighted by Crippen LogP contribution is 2.29. The Hall–Kier alpha value is -3.00. The lowest BCUT2D eigenvalue weighted by Gasteiger charge is -2.22. The molecule has 3 rings (SSSR count). The Bertz CT molecular complexity index is 936. The Balaban J connectivity index is 1.76. The number of anilines is 1. The third-order valence-electron chi connectivity index (χ3n) is 4.20. The summed E-state index contributed by atoms with van der Waals surface area (Å²) in [6.07, 6.45) is 0. The Kier molecular flexibility index (Phi) is 4.84. The van der Waals surface area contributed by atoms with Crippen molar-refractivity contribution in [3.05, 3.63) is 64.7 Å². The number of hydrogen-bond donors (Lipinski definition) is 2. The minimum absolute atomic E-state index is 0.382. The van der Waals surface area contributed by atoms with Crippen LogP contribution in [-0.2, 0) is 15.1 Å². The molecule has 0 spiro atoms. The number of urea groups is 1. The maximum absolute atomic E-state index is 13.6. The van der Waals surface area contributed by atoms with E-state index in [4.69, 9.17) is 11.6 Å². The van der Waals surface area contributed by atoms with Gasteiger partial charge in [-0.15, -0.1) is 0 Å². The topological polar surface area (TPSA) is 78.5 Å². The predicted molar refractivity (Wildman–Crippen MR) is 94.0 cm³/mol. The van der Waals surface area contributed by atoms with Crippen molar-refractivity contribution < 1.29 is 23.2 Å². The molecule has 9 heteroatoms. The summed E-state index contributed by atoms with van der Waals surface area (Å²) < 4.78 is 26.8. The first-order valence-electron chi connectivity index (χ1n) is 7.86. The average molecular weight is 394 g/mol. The van der Waals surface area contributed by atoms with Gasteiger partial charge in [-0.3, -0.25) is 14.5 Å². The summed E-state index contributed by atoms with van der Waals surface area (Å²) in [5, 5.41) is 5.15. The second kappa shape index (κ2) is 6.96. The Labute approximate surface area is 158 Å². The Morgan fingerprint density at radius 3 is 2.52 bits per heavy atom. The summed E-state index contributed by atoms with van der Waals surface area (Å²) in [5.74, 6) is -3.07.